The maximum atomic E-state index is 4.73. The fraction of sp³-hybridized carbons (Fsp3) is 0.875. The number of hydrogen-bond donors (Lipinski definition) is 0. The molecule has 0 bridgehead atoms. The first-order valence-corrected chi connectivity index (χ1v) is 7.91. The Labute approximate surface area is 112 Å². The molecular weight excluding hydrogens is 220 g/mol. The Hall–Kier alpha value is -0.660. The van der Waals surface area contributed by atoms with E-state index in [1.807, 2.05) is 0 Å². The van der Waals surface area contributed by atoms with Crippen molar-refractivity contribution in [2.45, 2.75) is 83.2 Å². The van der Waals surface area contributed by atoms with Crippen molar-refractivity contribution in [3.63, 3.8) is 0 Å². The van der Waals surface area contributed by atoms with Crippen LogP contribution < -0.4 is 0 Å². The molecule has 0 saturated heterocycles. The molecule has 0 atom stereocenters. The van der Waals surface area contributed by atoms with E-state index < -0.39 is 0 Å². The third-order valence-corrected chi connectivity index (χ3v) is 4.21. The standard InChI is InChI=1S/C16H28N2/c1-14(12-17-15-8-4-2-5-9-15)13-18-16-10-6-3-7-11-16/h12-16H,2-11H2,1H3/b17-12+,18-13+. The second-order valence-electron chi connectivity index (χ2n) is 6.04. The van der Waals surface area contributed by atoms with Crippen LogP contribution in [0.2, 0.25) is 0 Å². The highest BCUT2D eigenvalue weighted by Gasteiger charge is 2.12. The minimum atomic E-state index is 0.411. The minimum Gasteiger partial charge on any atom is -0.294 e. The van der Waals surface area contributed by atoms with Gasteiger partial charge in [0.05, 0.1) is 0 Å². The van der Waals surface area contributed by atoms with Crippen molar-refractivity contribution in [2.75, 3.05) is 0 Å². The molecule has 0 radical (unpaired) electrons. The van der Waals surface area contributed by atoms with Crippen molar-refractivity contribution in [1.82, 2.24) is 0 Å². The molecule has 0 unspecified atom stereocenters. The van der Waals surface area contributed by atoms with Gasteiger partial charge in [-0.25, -0.2) is 0 Å². The van der Waals surface area contributed by atoms with Gasteiger partial charge in [-0.1, -0.05) is 45.4 Å². The van der Waals surface area contributed by atoms with Crippen LogP contribution in [0.4, 0.5) is 0 Å². The summed E-state index contributed by atoms with van der Waals surface area (Å²) in [6.07, 6.45) is 17.7. The van der Waals surface area contributed by atoms with E-state index >= 15 is 0 Å². The molecule has 0 N–H and O–H groups in total. The van der Waals surface area contributed by atoms with Crippen LogP contribution in [0.1, 0.15) is 71.1 Å². The zero-order chi connectivity index (χ0) is 12.6. The van der Waals surface area contributed by atoms with E-state index in [9.17, 15) is 0 Å². The predicted octanol–water partition coefficient (Wildman–Crippen LogP) is 4.43. The van der Waals surface area contributed by atoms with Gasteiger partial charge in [-0.2, -0.15) is 0 Å². The molecular formula is C16H28N2. The van der Waals surface area contributed by atoms with Gasteiger partial charge in [0, 0.05) is 30.4 Å². The van der Waals surface area contributed by atoms with E-state index in [2.05, 4.69) is 19.4 Å². The maximum Gasteiger partial charge on any atom is 0.0496 e. The van der Waals surface area contributed by atoms with Crippen molar-refractivity contribution in [2.24, 2.45) is 15.9 Å². The van der Waals surface area contributed by atoms with Crippen molar-refractivity contribution in [3.05, 3.63) is 0 Å². The molecule has 18 heavy (non-hydrogen) atoms. The fourth-order valence-electron chi connectivity index (χ4n) is 3.01. The van der Waals surface area contributed by atoms with Gasteiger partial charge in [-0.05, 0) is 25.7 Å². The molecule has 2 heteroatoms. The summed E-state index contributed by atoms with van der Waals surface area (Å²) >= 11 is 0. The lowest BCUT2D eigenvalue weighted by Gasteiger charge is -2.18. The molecule has 2 rings (SSSR count). The Morgan fingerprint density at radius 1 is 0.722 bits per heavy atom. The van der Waals surface area contributed by atoms with Crippen molar-refractivity contribution >= 4 is 12.4 Å². The lowest BCUT2D eigenvalue weighted by Crippen LogP contribution is -2.13. The number of rotatable bonds is 4. The molecule has 0 aromatic rings. The molecule has 2 fully saturated rings. The molecule has 0 spiro atoms. The average Bonchev–Trinajstić information content (AvgIpc) is 2.45. The largest absolute Gasteiger partial charge is 0.294 e. The van der Waals surface area contributed by atoms with Crippen LogP contribution in [0.25, 0.3) is 0 Å². The van der Waals surface area contributed by atoms with E-state index in [4.69, 9.17) is 9.98 Å². The Bertz CT molecular complexity index is 243. The van der Waals surface area contributed by atoms with Crippen LogP contribution in [0, 0.1) is 5.92 Å². The number of hydrogen-bond acceptors (Lipinski definition) is 2. The van der Waals surface area contributed by atoms with E-state index in [0.29, 0.717) is 18.0 Å². The molecule has 2 nitrogen and oxygen atoms in total. The molecule has 0 aromatic heterocycles. The summed E-state index contributed by atoms with van der Waals surface area (Å²) in [4.78, 5) is 9.46. The number of aliphatic imine (C=N–C) groups is 2. The van der Waals surface area contributed by atoms with Gasteiger partial charge in [-0.3, -0.25) is 9.98 Å². The first-order valence-electron chi connectivity index (χ1n) is 7.91. The summed E-state index contributed by atoms with van der Waals surface area (Å²) in [6, 6.07) is 1.20. The summed E-state index contributed by atoms with van der Waals surface area (Å²) in [6.45, 7) is 2.21. The second-order valence-corrected chi connectivity index (χ2v) is 6.04. The highest BCUT2D eigenvalue weighted by Crippen LogP contribution is 2.21. The normalized spacial score (nSPS) is 24.6. The van der Waals surface area contributed by atoms with Crippen LogP contribution in [-0.4, -0.2) is 24.5 Å². The molecule has 0 heterocycles. The van der Waals surface area contributed by atoms with Gasteiger partial charge in [0.1, 0.15) is 0 Å². The topological polar surface area (TPSA) is 24.7 Å². The highest BCUT2D eigenvalue weighted by atomic mass is 14.8. The van der Waals surface area contributed by atoms with E-state index in [1.54, 1.807) is 0 Å². The smallest absolute Gasteiger partial charge is 0.0496 e. The number of nitrogens with zero attached hydrogens (tertiary/aromatic N) is 2. The summed E-state index contributed by atoms with van der Waals surface area (Å²) < 4.78 is 0. The van der Waals surface area contributed by atoms with Crippen LogP contribution in [0.5, 0.6) is 0 Å². The molecule has 102 valence electrons. The molecule has 0 amide bonds. The van der Waals surface area contributed by atoms with Gasteiger partial charge in [0.15, 0.2) is 0 Å². The summed E-state index contributed by atoms with van der Waals surface area (Å²) in [5.41, 5.74) is 0. The van der Waals surface area contributed by atoms with Crippen molar-refractivity contribution < 1.29 is 0 Å². The SMILES string of the molecule is CC(/C=N/C1CCCCC1)/C=N/C1CCCCC1. The lowest BCUT2D eigenvalue weighted by molar-refractivity contribution is 0.442. The zero-order valence-corrected chi connectivity index (χ0v) is 11.9. The van der Waals surface area contributed by atoms with Crippen molar-refractivity contribution in [1.29, 1.82) is 0 Å². The third kappa shape index (κ3) is 4.91. The Morgan fingerprint density at radius 2 is 1.11 bits per heavy atom. The Balaban J connectivity index is 1.71. The summed E-state index contributed by atoms with van der Waals surface area (Å²) in [5, 5.41) is 0. The molecule has 0 aliphatic heterocycles. The van der Waals surface area contributed by atoms with Gasteiger partial charge in [0.2, 0.25) is 0 Å². The van der Waals surface area contributed by atoms with Crippen molar-refractivity contribution in [3.8, 4) is 0 Å². The first-order chi connectivity index (χ1) is 8.84. The zero-order valence-electron chi connectivity index (χ0n) is 11.9. The summed E-state index contributed by atoms with van der Waals surface area (Å²) in [7, 11) is 0. The monoisotopic (exact) mass is 248 g/mol. The van der Waals surface area contributed by atoms with Gasteiger partial charge >= 0.3 is 0 Å². The Morgan fingerprint density at radius 3 is 1.50 bits per heavy atom. The molecule has 2 aliphatic rings. The Kier molecular flexibility index (Phi) is 5.89. The minimum absolute atomic E-state index is 0.411. The first kappa shape index (κ1) is 13.8. The maximum absolute atomic E-state index is 4.73. The van der Waals surface area contributed by atoms with Crippen LogP contribution >= 0.6 is 0 Å². The second kappa shape index (κ2) is 7.70. The fourth-order valence-corrected chi connectivity index (χ4v) is 3.01. The van der Waals surface area contributed by atoms with Gasteiger partial charge < -0.3 is 0 Å². The third-order valence-electron chi connectivity index (χ3n) is 4.21. The molecule has 2 saturated carbocycles. The van der Waals surface area contributed by atoms with Gasteiger partial charge in [-0.15, -0.1) is 0 Å². The highest BCUT2D eigenvalue weighted by molar-refractivity contribution is 5.83. The molecule has 0 aromatic carbocycles. The quantitative estimate of drug-likeness (QED) is 0.658. The van der Waals surface area contributed by atoms with Crippen LogP contribution in [0.15, 0.2) is 9.98 Å². The predicted molar refractivity (Wildman–Crippen MR) is 79.9 cm³/mol. The van der Waals surface area contributed by atoms with Gasteiger partial charge in [0.25, 0.3) is 0 Å². The van der Waals surface area contributed by atoms with Crippen LogP contribution in [-0.2, 0) is 0 Å². The van der Waals surface area contributed by atoms with E-state index in [-0.39, 0.29) is 0 Å². The summed E-state index contributed by atoms with van der Waals surface area (Å²) in [5.74, 6) is 0.411. The van der Waals surface area contributed by atoms with E-state index in [1.165, 1.54) is 64.2 Å². The lowest BCUT2D eigenvalue weighted by atomic mass is 9.96. The van der Waals surface area contributed by atoms with Crippen LogP contribution in [0.3, 0.4) is 0 Å². The average molecular weight is 248 g/mol. The van der Waals surface area contributed by atoms with E-state index in [0.717, 1.165) is 0 Å². The molecule has 2 aliphatic carbocycles.